The summed E-state index contributed by atoms with van der Waals surface area (Å²) in [7, 11) is 0. The first-order chi connectivity index (χ1) is 8.27. The Labute approximate surface area is 100 Å². The van der Waals surface area contributed by atoms with E-state index in [-0.39, 0.29) is 0 Å². The van der Waals surface area contributed by atoms with Crippen molar-refractivity contribution >= 4 is 21.5 Å². The van der Waals surface area contributed by atoms with Crippen LogP contribution in [0.15, 0.2) is 54.6 Å². The molecule has 0 saturated heterocycles. The molecule has 0 bridgehead atoms. The fourth-order valence-electron chi connectivity index (χ4n) is 2.43. The number of fused-ring (bicyclic) bond motifs is 3. The normalized spacial score (nSPS) is 13.1. The van der Waals surface area contributed by atoms with Crippen LogP contribution in [-0.4, -0.2) is 5.11 Å². The summed E-state index contributed by atoms with van der Waals surface area (Å²) in [6.45, 7) is 1.82. The van der Waals surface area contributed by atoms with Gasteiger partial charge in [-0.25, -0.2) is 0 Å². The highest BCUT2D eigenvalue weighted by Gasteiger charge is 2.09. The second kappa shape index (κ2) is 3.86. The molecule has 1 N–H and O–H groups in total. The third kappa shape index (κ3) is 1.60. The minimum absolute atomic E-state index is 0.440. The molecule has 3 aromatic rings. The summed E-state index contributed by atoms with van der Waals surface area (Å²) in [5.74, 6) is 0. The molecule has 3 rings (SSSR count). The van der Waals surface area contributed by atoms with Crippen molar-refractivity contribution in [2.45, 2.75) is 13.0 Å². The SMILES string of the molecule is CC(O)c1cc2ccccc2c2ccccc12. The van der Waals surface area contributed by atoms with Crippen molar-refractivity contribution in [3.8, 4) is 0 Å². The predicted molar refractivity (Wildman–Crippen MR) is 72.1 cm³/mol. The molecule has 0 spiro atoms. The number of aliphatic hydroxyl groups excluding tert-OH is 1. The average molecular weight is 222 g/mol. The van der Waals surface area contributed by atoms with Gasteiger partial charge in [0.05, 0.1) is 6.10 Å². The van der Waals surface area contributed by atoms with Crippen LogP contribution in [0.1, 0.15) is 18.6 Å². The van der Waals surface area contributed by atoms with Crippen LogP contribution in [0.2, 0.25) is 0 Å². The summed E-state index contributed by atoms with van der Waals surface area (Å²) in [4.78, 5) is 0. The summed E-state index contributed by atoms with van der Waals surface area (Å²) in [6, 6.07) is 18.6. The molecule has 0 heterocycles. The van der Waals surface area contributed by atoms with Gasteiger partial charge < -0.3 is 5.11 Å². The lowest BCUT2D eigenvalue weighted by Gasteiger charge is -2.12. The Morgan fingerprint density at radius 2 is 1.41 bits per heavy atom. The molecular weight excluding hydrogens is 208 g/mol. The topological polar surface area (TPSA) is 20.2 Å². The quantitative estimate of drug-likeness (QED) is 0.616. The van der Waals surface area contributed by atoms with Gasteiger partial charge in [-0.2, -0.15) is 0 Å². The molecule has 0 aliphatic carbocycles. The maximum atomic E-state index is 9.88. The fourth-order valence-corrected chi connectivity index (χ4v) is 2.43. The Bertz CT molecular complexity index is 683. The molecule has 0 aliphatic heterocycles. The molecule has 0 amide bonds. The molecule has 0 aromatic heterocycles. The first-order valence-corrected chi connectivity index (χ1v) is 5.86. The molecule has 1 unspecified atom stereocenters. The van der Waals surface area contributed by atoms with Crippen molar-refractivity contribution in [3.05, 3.63) is 60.2 Å². The van der Waals surface area contributed by atoms with Crippen LogP contribution in [0.4, 0.5) is 0 Å². The van der Waals surface area contributed by atoms with E-state index in [4.69, 9.17) is 0 Å². The van der Waals surface area contributed by atoms with Crippen molar-refractivity contribution in [1.82, 2.24) is 0 Å². The van der Waals surface area contributed by atoms with Gasteiger partial charge in [0.15, 0.2) is 0 Å². The molecule has 0 saturated carbocycles. The second-order valence-corrected chi connectivity index (χ2v) is 4.41. The van der Waals surface area contributed by atoms with Gasteiger partial charge in [-0.05, 0) is 40.1 Å². The summed E-state index contributed by atoms with van der Waals surface area (Å²) in [5.41, 5.74) is 0.999. The smallest absolute Gasteiger partial charge is 0.0768 e. The van der Waals surface area contributed by atoms with E-state index in [1.54, 1.807) is 0 Å². The Balaban J connectivity index is 2.55. The maximum absolute atomic E-state index is 9.88. The zero-order chi connectivity index (χ0) is 11.8. The zero-order valence-electron chi connectivity index (χ0n) is 9.72. The number of rotatable bonds is 1. The van der Waals surface area contributed by atoms with E-state index in [1.807, 2.05) is 25.1 Å². The lowest BCUT2D eigenvalue weighted by atomic mass is 9.95. The summed E-state index contributed by atoms with van der Waals surface area (Å²) >= 11 is 0. The van der Waals surface area contributed by atoms with Crippen molar-refractivity contribution in [3.63, 3.8) is 0 Å². The van der Waals surface area contributed by atoms with Crippen LogP contribution in [0, 0.1) is 0 Å². The minimum Gasteiger partial charge on any atom is -0.389 e. The van der Waals surface area contributed by atoms with Gasteiger partial charge in [0.1, 0.15) is 0 Å². The van der Waals surface area contributed by atoms with Crippen LogP contribution in [0.5, 0.6) is 0 Å². The number of hydrogen-bond acceptors (Lipinski definition) is 1. The standard InChI is InChI=1S/C16H14O/c1-11(17)16-10-12-6-2-3-7-13(12)14-8-4-5-9-15(14)16/h2-11,17H,1H3. The lowest BCUT2D eigenvalue weighted by molar-refractivity contribution is 0.201. The summed E-state index contributed by atoms with van der Waals surface area (Å²) in [6.07, 6.45) is -0.440. The van der Waals surface area contributed by atoms with Gasteiger partial charge in [-0.15, -0.1) is 0 Å². The second-order valence-electron chi connectivity index (χ2n) is 4.41. The fraction of sp³-hybridized carbons (Fsp3) is 0.125. The Kier molecular flexibility index (Phi) is 2.34. The molecule has 0 aliphatic rings. The molecule has 3 aromatic carbocycles. The zero-order valence-corrected chi connectivity index (χ0v) is 9.72. The van der Waals surface area contributed by atoms with Crippen molar-refractivity contribution in [2.24, 2.45) is 0 Å². The van der Waals surface area contributed by atoms with Crippen LogP contribution in [0.25, 0.3) is 21.5 Å². The molecule has 17 heavy (non-hydrogen) atoms. The lowest BCUT2D eigenvalue weighted by Crippen LogP contribution is -1.93. The van der Waals surface area contributed by atoms with Gasteiger partial charge in [0.2, 0.25) is 0 Å². The van der Waals surface area contributed by atoms with Gasteiger partial charge in [0.25, 0.3) is 0 Å². The molecule has 0 fully saturated rings. The van der Waals surface area contributed by atoms with Gasteiger partial charge in [-0.3, -0.25) is 0 Å². The van der Waals surface area contributed by atoms with Crippen molar-refractivity contribution < 1.29 is 5.11 Å². The number of aliphatic hydroxyl groups is 1. The van der Waals surface area contributed by atoms with E-state index in [9.17, 15) is 5.11 Å². The first-order valence-electron chi connectivity index (χ1n) is 5.86. The molecular formula is C16H14O. The predicted octanol–water partition coefficient (Wildman–Crippen LogP) is 4.05. The molecule has 0 radical (unpaired) electrons. The van der Waals surface area contributed by atoms with Crippen LogP contribution < -0.4 is 0 Å². The maximum Gasteiger partial charge on any atom is 0.0768 e. The first kappa shape index (κ1) is 10.3. The number of benzene rings is 3. The summed E-state index contributed by atoms with van der Waals surface area (Å²) < 4.78 is 0. The highest BCUT2D eigenvalue weighted by atomic mass is 16.3. The van der Waals surface area contributed by atoms with Crippen LogP contribution >= 0.6 is 0 Å². The molecule has 1 heteroatoms. The Hall–Kier alpha value is -1.86. The minimum atomic E-state index is -0.440. The highest BCUT2D eigenvalue weighted by molar-refractivity contribution is 6.09. The number of hydrogen-bond donors (Lipinski definition) is 1. The third-order valence-corrected chi connectivity index (χ3v) is 3.25. The van der Waals surface area contributed by atoms with E-state index >= 15 is 0 Å². The molecule has 1 nitrogen and oxygen atoms in total. The van der Waals surface area contributed by atoms with Crippen molar-refractivity contribution in [2.75, 3.05) is 0 Å². The molecule has 1 atom stereocenters. The van der Waals surface area contributed by atoms with Crippen LogP contribution in [0.3, 0.4) is 0 Å². The average Bonchev–Trinajstić information content (AvgIpc) is 2.37. The van der Waals surface area contributed by atoms with E-state index in [1.165, 1.54) is 16.2 Å². The van der Waals surface area contributed by atoms with Gasteiger partial charge in [0, 0.05) is 0 Å². The third-order valence-electron chi connectivity index (χ3n) is 3.25. The van der Waals surface area contributed by atoms with Gasteiger partial charge in [-0.1, -0.05) is 48.5 Å². The highest BCUT2D eigenvalue weighted by Crippen LogP contribution is 2.31. The summed E-state index contributed by atoms with van der Waals surface area (Å²) in [5, 5.41) is 14.7. The van der Waals surface area contributed by atoms with Gasteiger partial charge >= 0.3 is 0 Å². The van der Waals surface area contributed by atoms with Crippen LogP contribution in [-0.2, 0) is 0 Å². The largest absolute Gasteiger partial charge is 0.389 e. The Morgan fingerprint density at radius 1 is 0.824 bits per heavy atom. The monoisotopic (exact) mass is 222 g/mol. The van der Waals surface area contributed by atoms with E-state index in [0.717, 1.165) is 10.9 Å². The van der Waals surface area contributed by atoms with E-state index in [2.05, 4.69) is 36.4 Å². The van der Waals surface area contributed by atoms with E-state index in [0.29, 0.717) is 0 Å². The molecule has 84 valence electrons. The Morgan fingerprint density at radius 3 is 2.12 bits per heavy atom. The van der Waals surface area contributed by atoms with Crippen molar-refractivity contribution in [1.29, 1.82) is 0 Å². The van der Waals surface area contributed by atoms with E-state index < -0.39 is 6.10 Å².